The first-order valence-corrected chi connectivity index (χ1v) is 13.8. The van der Waals surface area contributed by atoms with Crippen molar-refractivity contribution in [1.82, 2.24) is 0 Å². The van der Waals surface area contributed by atoms with Crippen molar-refractivity contribution >= 4 is 38.4 Å². The van der Waals surface area contributed by atoms with Crippen LogP contribution in [0.2, 0.25) is 0 Å². The molecule has 2 aliphatic heterocycles. The van der Waals surface area contributed by atoms with Crippen LogP contribution in [0.3, 0.4) is 0 Å². The second-order valence-corrected chi connectivity index (χ2v) is 11.7. The van der Waals surface area contributed by atoms with Gasteiger partial charge in [0.25, 0.3) is 5.91 Å². The Bertz CT molecular complexity index is 1290. The van der Waals surface area contributed by atoms with E-state index in [4.69, 9.17) is 4.74 Å². The molecule has 0 saturated carbocycles. The van der Waals surface area contributed by atoms with E-state index in [0.717, 1.165) is 16.8 Å². The van der Waals surface area contributed by atoms with Crippen LogP contribution in [0.15, 0.2) is 89.9 Å². The number of benzene rings is 3. The van der Waals surface area contributed by atoms with E-state index in [9.17, 15) is 13.2 Å². The lowest BCUT2D eigenvalue weighted by molar-refractivity contribution is -0.117. The third-order valence-corrected chi connectivity index (χ3v) is 9.06. The number of carbonyl (C=O) groups excluding carboxylic acids is 1. The van der Waals surface area contributed by atoms with E-state index in [1.807, 2.05) is 89.8 Å². The number of amides is 1. The first-order valence-electron chi connectivity index (χ1n) is 11.1. The summed E-state index contributed by atoms with van der Waals surface area (Å²) in [6.45, 7) is 0.462. The van der Waals surface area contributed by atoms with Gasteiger partial charge in [0.2, 0.25) is 0 Å². The number of carbonyl (C=O) groups is 1. The number of rotatable bonds is 6. The zero-order valence-electron chi connectivity index (χ0n) is 18.4. The van der Waals surface area contributed by atoms with Gasteiger partial charge in [0.1, 0.15) is 12.4 Å². The third kappa shape index (κ3) is 5.18. The molecule has 0 aromatic heterocycles. The molecule has 5 rings (SSSR count). The molecule has 2 aliphatic rings. The molecule has 6 nitrogen and oxygen atoms in total. The molecule has 8 heteroatoms. The summed E-state index contributed by atoms with van der Waals surface area (Å²) in [5.41, 5.74) is 2.78. The van der Waals surface area contributed by atoms with Crippen molar-refractivity contribution in [3.8, 4) is 5.75 Å². The van der Waals surface area contributed by atoms with E-state index in [1.54, 1.807) is 0 Å². The molecule has 0 N–H and O–H groups in total. The van der Waals surface area contributed by atoms with Crippen molar-refractivity contribution in [2.45, 2.75) is 24.3 Å². The van der Waals surface area contributed by atoms with Gasteiger partial charge in [-0.3, -0.25) is 4.79 Å². The van der Waals surface area contributed by atoms with Gasteiger partial charge in [-0.25, -0.2) is 8.42 Å². The summed E-state index contributed by atoms with van der Waals surface area (Å²) in [4.78, 5) is 19.0. The highest BCUT2D eigenvalue weighted by Crippen LogP contribution is 2.41. The molecule has 0 spiro atoms. The molecule has 3 aromatic carbocycles. The summed E-state index contributed by atoms with van der Waals surface area (Å²) >= 11 is 1.38. The molecule has 2 atom stereocenters. The Hall–Kier alpha value is -3.10. The maximum Gasteiger partial charge on any atom is 0.252 e. The van der Waals surface area contributed by atoms with Gasteiger partial charge in [-0.2, -0.15) is 4.99 Å². The Morgan fingerprint density at radius 2 is 1.56 bits per heavy atom. The second kappa shape index (κ2) is 9.64. The van der Waals surface area contributed by atoms with Gasteiger partial charge in [-0.05, 0) is 35.4 Å². The lowest BCUT2D eigenvalue weighted by Gasteiger charge is -2.24. The van der Waals surface area contributed by atoms with Crippen LogP contribution in [0, 0.1) is 0 Å². The molecule has 174 valence electrons. The van der Waals surface area contributed by atoms with Crippen LogP contribution in [-0.2, 0) is 27.7 Å². The quantitative estimate of drug-likeness (QED) is 0.516. The highest BCUT2D eigenvalue weighted by molar-refractivity contribution is 8.16. The summed E-state index contributed by atoms with van der Waals surface area (Å²) in [6.07, 6.45) is 0.207. The lowest BCUT2D eigenvalue weighted by Crippen LogP contribution is -2.37. The highest BCUT2D eigenvalue weighted by Gasteiger charge is 2.49. The van der Waals surface area contributed by atoms with Crippen molar-refractivity contribution in [3.63, 3.8) is 0 Å². The normalized spacial score (nSPS) is 22.0. The summed E-state index contributed by atoms with van der Waals surface area (Å²) in [6, 6.07) is 26.7. The molecule has 0 radical (unpaired) electrons. The third-order valence-electron chi connectivity index (χ3n) is 5.85. The van der Waals surface area contributed by atoms with Crippen LogP contribution in [-0.4, -0.2) is 42.3 Å². The number of aliphatic imine (C=N–C) groups is 1. The van der Waals surface area contributed by atoms with Gasteiger partial charge in [0.05, 0.1) is 24.0 Å². The number of nitrogens with zero attached hydrogens (tertiary/aromatic N) is 2. The van der Waals surface area contributed by atoms with E-state index in [2.05, 4.69) is 4.99 Å². The fraction of sp³-hybridized carbons (Fsp3) is 0.231. The van der Waals surface area contributed by atoms with Gasteiger partial charge >= 0.3 is 0 Å². The molecule has 2 heterocycles. The molecular formula is C26H24N2O4S2. The van der Waals surface area contributed by atoms with E-state index in [0.29, 0.717) is 17.5 Å². The number of thioether (sulfide) groups is 1. The zero-order valence-corrected chi connectivity index (χ0v) is 20.0. The SMILES string of the molecule is O=C(Cc1ccccc1)N=C1S[C@@H]2CS(=O)(=O)C[C@H]2N1c1ccc(OCc2ccccc2)cc1. The fourth-order valence-corrected chi connectivity index (χ4v) is 8.16. The van der Waals surface area contributed by atoms with Crippen LogP contribution in [0.1, 0.15) is 11.1 Å². The van der Waals surface area contributed by atoms with E-state index in [1.165, 1.54) is 11.8 Å². The van der Waals surface area contributed by atoms with Gasteiger partial charge in [-0.15, -0.1) is 0 Å². The summed E-state index contributed by atoms with van der Waals surface area (Å²) < 4.78 is 30.5. The summed E-state index contributed by atoms with van der Waals surface area (Å²) in [5.74, 6) is 0.629. The molecule has 2 saturated heterocycles. The Balaban J connectivity index is 1.36. The van der Waals surface area contributed by atoms with Crippen LogP contribution < -0.4 is 9.64 Å². The number of ether oxygens (including phenoxy) is 1. The molecule has 3 aromatic rings. The van der Waals surface area contributed by atoms with Crippen molar-refractivity contribution in [3.05, 3.63) is 96.1 Å². The molecule has 0 aliphatic carbocycles. The zero-order chi connectivity index (χ0) is 23.5. The predicted molar refractivity (Wildman–Crippen MR) is 136 cm³/mol. The minimum Gasteiger partial charge on any atom is -0.489 e. The van der Waals surface area contributed by atoms with E-state index in [-0.39, 0.29) is 35.1 Å². The first kappa shape index (κ1) is 22.7. The number of hydrogen-bond donors (Lipinski definition) is 0. The van der Waals surface area contributed by atoms with Gasteiger partial charge < -0.3 is 9.64 Å². The number of amidine groups is 1. The van der Waals surface area contributed by atoms with E-state index < -0.39 is 9.84 Å². The monoisotopic (exact) mass is 492 g/mol. The van der Waals surface area contributed by atoms with E-state index >= 15 is 0 Å². The minimum atomic E-state index is -3.12. The Morgan fingerprint density at radius 3 is 2.24 bits per heavy atom. The largest absolute Gasteiger partial charge is 0.489 e. The van der Waals surface area contributed by atoms with Gasteiger partial charge in [0, 0.05) is 10.9 Å². The second-order valence-electron chi connectivity index (χ2n) is 8.39. The van der Waals surface area contributed by atoms with Crippen LogP contribution in [0.5, 0.6) is 5.75 Å². The standard InChI is InChI=1S/C26H24N2O4S2/c29-25(15-19-7-3-1-4-8-19)27-26-28(23-17-34(30,31)18-24(23)33-26)21-11-13-22(14-12-21)32-16-20-9-5-2-6-10-20/h1-14,23-24H,15-18H2/t23-,24-/m1/s1. The Kier molecular flexibility index (Phi) is 6.43. The van der Waals surface area contributed by atoms with Crippen LogP contribution in [0.25, 0.3) is 0 Å². The van der Waals surface area contributed by atoms with Crippen molar-refractivity contribution in [2.24, 2.45) is 4.99 Å². The summed E-state index contributed by atoms with van der Waals surface area (Å²) in [5, 5.41) is 0.422. The first-order chi connectivity index (χ1) is 16.5. The Morgan fingerprint density at radius 1 is 0.912 bits per heavy atom. The molecule has 0 unspecified atom stereocenters. The maximum atomic E-state index is 12.7. The predicted octanol–water partition coefficient (Wildman–Crippen LogP) is 4.11. The van der Waals surface area contributed by atoms with Crippen molar-refractivity contribution in [1.29, 1.82) is 0 Å². The summed E-state index contributed by atoms with van der Waals surface area (Å²) in [7, 11) is -3.12. The smallest absolute Gasteiger partial charge is 0.252 e. The Labute approximate surface area is 203 Å². The average Bonchev–Trinajstić information content (AvgIpc) is 3.30. The average molecular weight is 493 g/mol. The fourth-order valence-electron chi connectivity index (χ4n) is 4.23. The number of hydrogen-bond acceptors (Lipinski definition) is 5. The molecule has 34 heavy (non-hydrogen) atoms. The highest BCUT2D eigenvalue weighted by atomic mass is 32.2. The maximum absolute atomic E-state index is 12.7. The molecule has 2 fully saturated rings. The number of sulfone groups is 1. The number of fused-ring (bicyclic) bond motifs is 1. The number of anilines is 1. The van der Waals surface area contributed by atoms with Gasteiger partial charge in [0.15, 0.2) is 15.0 Å². The van der Waals surface area contributed by atoms with Crippen LogP contribution >= 0.6 is 11.8 Å². The van der Waals surface area contributed by atoms with Crippen molar-refractivity contribution < 1.29 is 17.9 Å². The molecule has 0 bridgehead atoms. The minimum absolute atomic E-state index is 0.0584. The van der Waals surface area contributed by atoms with Crippen molar-refractivity contribution in [2.75, 3.05) is 16.4 Å². The lowest BCUT2D eigenvalue weighted by atomic mass is 10.1. The molecule has 1 amide bonds. The topological polar surface area (TPSA) is 76.0 Å². The van der Waals surface area contributed by atoms with Crippen LogP contribution in [0.4, 0.5) is 5.69 Å². The molecular weight excluding hydrogens is 468 g/mol. The van der Waals surface area contributed by atoms with Gasteiger partial charge in [-0.1, -0.05) is 72.4 Å².